The van der Waals surface area contributed by atoms with E-state index in [4.69, 9.17) is 15.0 Å². The van der Waals surface area contributed by atoms with Gasteiger partial charge in [0.25, 0.3) is 0 Å². The SMILES string of the molecule is c1ccc(-c2nc(-c3ccc4cc(-c5ccc6ccccc6c5)ccc4c3)nc(-c3cc(-c4ccc5ccccc5c4)c4ccccc4c3)n2)cc1. The average Bonchev–Trinajstić information content (AvgIpc) is 3.22. The molecule has 10 aromatic rings. The van der Waals surface area contributed by atoms with Gasteiger partial charge in [-0.2, -0.15) is 0 Å². The minimum Gasteiger partial charge on any atom is -0.208 e. The summed E-state index contributed by atoms with van der Waals surface area (Å²) in [4.78, 5) is 15.3. The third kappa shape index (κ3) is 5.46. The Morgan fingerprint density at radius 3 is 1.29 bits per heavy atom. The first-order valence-corrected chi connectivity index (χ1v) is 17.6. The van der Waals surface area contributed by atoms with Gasteiger partial charge in [0.1, 0.15) is 0 Å². The highest BCUT2D eigenvalue weighted by atomic mass is 15.0. The number of fused-ring (bicyclic) bond motifs is 4. The van der Waals surface area contributed by atoms with Crippen LogP contribution in [0.3, 0.4) is 0 Å². The highest BCUT2D eigenvalue weighted by Crippen LogP contribution is 2.36. The standard InChI is InChI=1S/C49H31N3/c1-2-12-34(13-3-1)47-50-48(43-25-23-39-27-38(21-22-40(39)29-43)37-20-18-32-10-4-6-14-35(32)26-37)52-49(51-47)44-30-41-16-8-9-17-45(41)46(31-44)42-24-19-33-11-5-7-15-36(33)28-42/h1-31H. The van der Waals surface area contributed by atoms with Crippen molar-refractivity contribution in [3.05, 3.63) is 188 Å². The summed E-state index contributed by atoms with van der Waals surface area (Å²) >= 11 is 0. The third-order valence-electron chi connectivity index (χ3n) is 10.0. The number of hydrogen-bond donors (Lipinski definition) is 0. The van der Waals surface area contributed by atoms with Gasteiger partial charge in [0.2, 0.25) is 0 Å². The van der Waals surface area contributed by atoms with E-state index >= 15 is 0 Å². The predicted octanol–water partition coefficient (Wildman–Crippen LogP) is 12.8. The second-order valence-corrected chi connectivity index (χ2v) is 13.3. The Labute approximate surface area is 301 Å². The van der Waals surface area contributed by atoms with E-state index in [1.807, 2.05) is 18.2 Å². The molecule has 0 N–H and O–H groups in total. The Bertz CT molecular complexity index is 2970. The molecule has 3 heteroatoms. The summed E-state index contributed by atoms with van der Waals surface area (Å²) in [6.07, 6.45) is 0. The van der Waals surface area contributed by atoms with Gasteiger partial charge in [-0.25, -0.2) is 15.0 Å². The van der Waals surface area contributed by atoms with Crippen LogP contribution < -0.4 is 0 Å². The van der Waals surface area contributed by atoms with Gasteiger partial charge in [-0.3, -0.25) is 0 Å². The number of aromatic nitrogens is 3. The van der Waals surface area contributed by atoms with Crippen LogP contribution >= 0.6 is 0 Å². The van der Waals surface area contributed by atoms with E-state index in [0.29, 0.717) is 17.5 Å². The monoisotopic (exact) mass is 661 g/mol. The zero-order valence-electron chi connectivity index (χ0n) is 28.2. The van der Waals surface area contributed by atoms with Crippen molar-refractivity contribution in [2.45, 2.75) is 0 Å². The highest BCUT2D eigenvalue weighted by Gasteiger charge is 2.16. The molecule has 0 atom stereocenters. The van der Waals surface area contributed by atoms with Crippen molar-refractivity contribution >= 4 is 43.1 Å². The fourth-order valence-corrected chi connectivity index (χ4v) is 7.32. The maximum absolute atomic E-state index is 5.17. The Balaban J connectivity index is 1.11. The summed E-state index contributed by atoms with van der Waals surface area (Å²) < 4.78 is 0. The van der Waals surface area contributed by atoms with Crippen molar-refractivity contribution in [1.29, 1.82) is 0 Å². The van der Waals surface area contributed by atoms with Gasteiger partial charge in [0.05, 0.1) is 0 Å². The van der Waals surface area contributed by atoms with Crippen molar-refractivity contribution in [2.24, 2.45) is 0 Å². The minimum atomic E-state index is 0.642. The van der Waals surface area contributed by atoms with Crippen LogP contribution in [0.4, 0.5) is 0 Å². The second-order valence-electron chi connectivity index (χ2n) is 13.3. The Kier molecular flexibility index (Phi) is 7.14. The largest absolute Gasteiger partial charge is 0.208 e. The lowest BCUT2D eigenvalue weighted by Gasteiger charge is -2.13. The van der Waals surface area contributed by atoms with E-state index in [-0.39, 0.29) is 0 Å². The van der Waals surface area contributed by atoms with Crippen LogP contribution in [-0.2, 0) is 0 Å². The van der Waals surface area contributed by atoms with Gasteiger partial charge in [-0.15, -0.1) is 0 Å². The molecular formula is C49H31N3. The van der Waals surface area contributed by atoms with Gasteiger partial charge in [-0.1, -0.05) is 152 Å². The lowest BCUT2D eigenvalue weighted by atomic mass is 9.94. The normalized spacial score (nSPS) is 11.5. The molecular weight excluding hydrogens is 631 g/mol. The molecule has 3 nitrogen and oxygen atoms in total. The van der Waals surface area contributed by atoms with Gasteiger partial charge in [0, 0.05) is 16.7 Å². The highest BCUT2D eigenvalue weighted by molar-refractivity contribution is 6.01. The number of nitrogens with zero attached hydrogens (tertiary/aromatic N) is 3. The molecule has 0 fully saturated rings. The van der Waals surface area contributed by atoms with E-state index in [0.717, 1.165) is 38.6 Å². The first-order chi connectivity index (χ1) is 25.7. The molecule has 0 amide bonds. The van der Waals surface area contributed by atoms with E-state index in [2.05, 4.69) is 170 Å². The van der Waals surface area contributed by atoms with Gasteiger partial charge >= 0.3 is 0 Å². The Hall–Kier alpha value is -6.97. The summed E-state index contributed by atoms with van der Waals surface area (Å²) in [7, 11) is 0. The zero-order valence-corrected chi connectivity index (χ0v) is 28.2. The van der Waals surface area contributed by atoms with Crippen LogP contribution in [0.2, 0.25) is 0 Å². The second kappa shape index (κ2) is 12.4. The van der Waals surface area contributed by atoms with E-state index in [1.54, 1.807) is 0 Å². The smallest absolute Gasteiger partial charge is 0.164 e. The van der Waals surface area contributed by atoms with Crippen molar-refractivity contribution in [3.8, 4) is 56.4 Å². The predicted molar refractivity (Wildman–Crippen MR) is 217 cm³/mol. The van der Waals surface area contributed by atoms with Gasteiger partial charge < -0.3 is 0 Å². The first-order valence-electron chi connectivity index (χ1n) is 17.6. The number of rotatable bonds is 5. The lowest BCUT2D eigenvalue weighted by Crippen LogP contribution is -2.00. The molecule has 0 aliphatic heterocycles. The maximum Gasteiger partial charge on any atom is 0.164 e. The number of benzene rings is 9. The van der Waals surface area contributed by atoms with Crippen molar-refractivity contribution < 1.29 is 0 Å². The topological polar surface area (TPSA) is 38.7 Å². The van der Waals surface area contributed by atoms with Crippen LogP contribution in [0.5, 0.6) is 0 Å². The fraction of sp³-hybridized carbons (Fsp3) is 0. The first kappa shape index (κ1) is 29.9. The molecule has 52 heavy (non-hydrogen) atoms. The molecule has 9 aromatic carbocycles. The third-order valence-corrected chi connectivity index (χ3v) is 10.0. The van der Waals surface area contributed by atoms with E-state index in [9.17, 15) is 0 Å². The Morgan fingerprint density at radius 2 is 0.635 bits per heavy atom. The fourth-order valence-electron chi connectivity index (χ4n) is 7.32. The van der Waals surface area contributed by atoms with E-state index < -0.39 is 0 Å². The zero-order chi connectivity index (χ0) is 34.4. The van der Waals surface area contributed by atoms with Crippen molar-refractivity contribution in [2.75, 3.05) is 0 Å². The summed E-state index contributed by atoms with van der Waals surface area (Å²) in [5.74, 6) is 1.93. The van der Waals surface area contributed by atoms with Crippen LogP contribution in [-0.4, -0.2) is 15.0 Å². The Morgan fingerprint density at radius 1 is 0.231 bits per heavy atom. The molecule has 0 saturated heterocycles. The molecule has 0 aliphatic carbocycles. The molecule has 0 radical (unpaired) electrons. The molecule has 1 heterocycles. The molecule has 0 aliphatic rings. The summed E-state index contributed by atoms with van der Waals surface area (Å²) in [5, 5.41) is 9.56. The molecule has 0 bridgehead atoms. The van der Waals surface area contributed by atoms with Gasteiger partial charge in [0.15, 0.2) is 17.5 Å². The van der Waals surface area contributed by atoms with Crippen LogP contribution in [0.1, 0.15) is 0 Å². The molecule has 1 aromatic heterocycles. The molecule has 10 rings (SSSR count). The lowest BCUT2D eigenvalue weighted by molar-refractivity contribution is 1.08. The average molecular weight is 662 g/mol. The summed E-state index contributed by atoms with van der Waals surface area (Å²) in [6.45, 7) is 0. The molecule has 0 saturated carbocycles. The van der Waals surface area contributed by atoms with Gasteiger partial charge in [-0.05, 0) is 102 Å². The molecule has 0 spiro atoms. The number of hydrogen-bond acceptors (Lipinski definition) is 3. The van der Waals surface area contributed by atoms with Crippen molar-refractivity contribution in [1.82, 2.24) is 15.0 Å². The molecule has 242 valence electrons. The summed E-state index contributed by atoms with van der Waals surface area (Å²) in [5.41, 5.74) is 7.55. The van der Waals surface area contributed by atoms with Crippen molar-refractivity contribution in [3.63, 3.8) is 0 Å². The van der Waals surface area contributed by atoms with Crippen LogP contribution in [0, 0.1) is 0 Å². The molecule has 0 unspecified atom stereocenters. The minimum absolute atomic E-state index is 0.642. The van der Waals surface area contributed by atoms with E-state index in [1.165, 1.54) is 43.4 Å². The summed E-state index contributed by atoms with van der Waals surface area (Å²) in [6, 6.07) is 66.6. The maximum atomic E-state index is 5.17. The quantitative estimate of drug-likeness (QED) is 0.184. The van der Waals surface area contributed by atoms with Crippen LogP contribution in [0.15, 0.2) is 188 Å². The van der Waals surface area contributed by atoms with Crippen LogP contribution in [0.25, 0.3) is 99.5 Å².